The Morgan fingerprint density at radius 2 is 1.90 bits per heavy atom. The van der Waals surface area contributed by atoms with Gasteiger partial charge in [0.1, 0.15) is 11.5 Å². The number of aryl methyl sites for hydroxylation is 2. The van der Waals surface area contributed by atoms with E-state index in [2.05, 4.69) is 0 Å². The van der Waals surface area contributed by atoms with E-state index in [4.69, 9.17) is 21.4 Å². The molecular formula is C17H15ClO3. The summed E-state index contributed by atoms with van der Waals surface area (Å²) in [7, 11) is 0. The Hall–Kier alpha value is -2.26. The van der Waals surface area contributed by atoms with Crippen LogP contribution in [-0.2, 0) is 4.79 Å². The predicted molar refractivity (Wildman–Crippen MR) is 84.1 cm³/mol. The summed E-state index contributed by atoms with van der Waals surface area (Å²) in [4.78, 5) is 10.6. The van der Waals surface area contributed by atoms with E-state index in [-0.39, 0.29) is 0 Å². The van der Waals surface area contributed by atoms with Gasteiger partial charge in [-0.2, -0.15) is 0 Å². The molecule has 0 aliphatic rings. The van der Waals surface area contributed by atoms with Crippen LogP contribution in [0, 0.1) is 13.8 Å². The zero-order chi connectivity index (χ0) is 15.4. The quantitative estimate of drug-likeness (QED) is 0.821. The lowest BCUT2D eigenvalue weighted by molar-refractivity contribution is -0.131. The molecule has 0 fully saturated rings. The highest BCUT2D eigenvalue weighted by Crippen LogP contribution is 2.29. The molecule has 108 valence electrons. The van der Waals surface area contributed by atoms with Crippen LogP contribution in [-0.4, -0.2) is 11.1 Å². The largest absolute Gasteiger partial charge is 0.478 e. The number of benzene rings is 2. The summed E-state index contributed by atoms with van der Waals surface area (Å²) in [5.41, 5.74) is 2.93. The number of ether oxygens (including phenoxy) is 1. The van der Waals surface area contributed by atoms with Gasteiger partial charge in [-0.05, 0) is 61.4 Å². The van der Waals surface area contributed by atoms with Crippen molar-refractivity contribution in [2.45, 2.75) is 13.8 Å². The number of hydrogen-bond donors (Lipinski definition) is 1. The minimum absolute atomic E-state index is 0.521. The first-order valence-corrected chi connectivity index (χ1v) is 6.79. The molecule has 0 bridgehead atoms. The lowest BCUT2D eigenvalue weighted by Gasteiger charge is -2.11. The van der Waals surface area contributed by atoms with Gasteiger partial charge in [0.2, 0.25) is 0 Å². The molecule has 0 amide bonds. The van der Waals surface area contributed by atoms with E-state index in [1.165, 1.54) is 11.6 Å². The number of aliphatic carboxylic acids is 1. The van der Waals surface area contributed by atoms with Crippen LogP contribution in [0.15, 0.2) is 42.5 Å². The van der Waals surface area contributed by atoms with Gasteiger partial charge in [-0.25, -0.2) is 4.79 Å². The SMILES string of the molecule is Cc1ccc(Oc2ccc(Cl)cc2/C=C/C(=O)O)cc1C. The molecule has 0 saturated heterocycles. The van der Waals surface area contributed by atoms with Crippen LogP contribution in [0.4, 0.5) is 0 Å². The molecule has 0 atom stereocenters. The van der Waals surface area contributed by atoms with Crippen LogP contribution in [0.3, 0.4) is 0 Å². The molecule has 0 aliphatic carbocycles. The second-order valence-corrected chi connectivity index (χ2v) is 5.14. The first-order valence-electron chi connectivity index (χ1n) is 6.41. The van der Waals surface area contributed by atoms with Gasteiger partial charge in [0.15, 0.2) is 0 Å². The Balaban J connectivity index is 2.34. The van der Waals surface area contributed by atoms with Crippen molar-refractivity contribution >= 4 is 23.6 Å². The molecule has 0 aliphatic heterocycles. The standard InChI is InChI=1S/C17H15ClO3/c1-11-3-6-15(9-12(11)2)21-16-7-5-14(18)10-13(16)4-8-17(19)20/h3-10H,1-2H3,(H,19,20)/b8-4+. The zero-order valence-electron chi connectivity index (χ0n) is 11.8. The predicted octanol–water partition coefficient (Wildman–Crippen LogP) is 4.85. The minimum Gasteiger partial charge on any atom is -0.478 e. The van der Waals surface area contributed by atoms with Crippen LogP contribution in [0.1, 0.15) is 16.7 Å². The van der Waals surface area contributed by atoms with Gasteiger partial charge in [0.05, 0.1) is 0 Å². The maximum absolute atomic E-state index is 10.6. The molecule has 2 rings (SSSR count). The maximum atomic E-state index is 10.6. The molecule has 2 aromatic rings. The van der Waals surface area contributed by atoms with Crippen molar-refractivity contribution in [3.8, 4) is 11.5 Å². The fraction of sp³-hybridized carbons (Fsp3) is 0.118. The van der Waals surface area contributed by atoms with Gasteiger partial charge < -0.3 is 9.84 Å². The van der Waals surface area contributed by atoms with Gasteiger partial charge in [0.25, 0.3) is 0 Å². The third kappa shape index (κ3) is 4.10. The summed E-state index contributed by atoms with van der Waals surface area (Å²) in [5, 5.41) is 9.25. The Bertz CT molecular complexity index is 705. The van der Waals surface area contributed by atoms with E-state index in [9.17, 15) is 4.79 Å². The van der Waals surface area contributed by atoms with Gasteiger partial charge in [-0.3, -0.25) is 0 Å². The van der Waals surface area contributed by atoms with Crippen LogP contribution in [0.2, 0.25) is 5.02 Å². The molecule has 21 heavy (non-hydrogen) atoms. The molecule has 0 radical (unpaired) electrons. The highest BCUT2D eigenvalue weighted by molar-refractivity contribution is 6.30. The van der Waals surface area contributed by atoms with Crippen molar-refractivity contribution in [2.75, 3.05) is 0 Å². The first kappa shape index (κ1) is 15.1. The molecule has 0 unspecified atom stereocenters. The van der Waals surface area contributed by atoms with Gasteiger partial charge in [-0.1, -0.05) is 17.7 Å². The molecular weight excluding hydrogens is 288 g/mol. The number of carboxylic acids is 1. The van der Waals surface area contributed by atoms with Crippen LogP contribution in [0.5, 0.6) is 11.5 Å². The van der Waals surface area contributed by atoms with Gasteiger partial charge in [-0.15, -0.1) is 0 Å². The lowest BCUT2D eigenvalue weighted by atomic mass is 10.1. The Labute approximate surface area is 128 Å². The molecule has 0 spiro atoms. The Morgan fingerprint density at radius 3 is 2.57 bits per heavy atom. The Kier molecular flexibility index (Phi) is 4.66. The van der Waals surface area contributed by atoms with Crippen molar-refractivity contribution in [2.24, 2.45) is 0 Å². The van der Waals surface area contributed by atoms with E-state index in [1.807, 2.05) is 32.0 Å². The number of hydrogen-bond acceptors (Lipinski definition) is 2. The average molecular weight is 303 g/mol. The van der Waals surface area contributed by atoms with Crippen molar-refractivity contribution in [1.29, 1.82) is 0 Å². The molecule has 3 nitrogen and oxygen atoms in total. The number of carbonyl (C=O) groups is 1. The van der Waals surface area contributed by atoms with Crippen molar-refractivity contribution < 1.29 is 14.6 Å². The normalized spacial score (nSPS) is 10.8. The monoisotopic (exact) mass is 302 g/mol. The summed E-state index contributed by atoms with van der Waals surface area (Å²) < 4.78 is 5.83. The van der Waals surface area contributed by atoms with E-state index in [0.717, 1.165) is 11.6 Å². The Morgan fingerprint density at radius 1 is 1.14 bits per heavy atom. The summed E-state index contributed by atoms with van der Waals surface area (Å²) in [6.45, 7) is 4.04. The second-order valence-electron chi connectivity index (χ2n) is 4.70. The fourth-order valence-electron chi connectivity index (χ4n) is 1.81. The van der Waals surface area contributed by atoms with Gasteiger partial charge >= 0.3 is 5.97 Å². The third-order valence-electron chi connectivity index (χ3n) is 3.08. The van der Waals surface area contributed by atoms with E-state index in [0.29, 0.717) is 22.1 Å². The topological polar surface area (TPSA) is 46.5 Å². The molecule has 0 aromatic heterocycles. The van der Waals surface area contributed by atoms with Crippen molar-refractivity contribution in [1.82, 2.24) is 0 Å². The van der Waals surface area contributed by atoms with Crippen LogP contribution in [0.25, 0.3) is 6.08 Å². The van der Waals surface area contributed by atoms with Crippen LogP contribution >= 0.6 is 11.6 Å². The molecule has 0 heterocycles. The van der Waals surface area contributed by atoms with Crippen molar-refractivity contribution in [3.63, 3.8) is 0 Å². The average Bonchev–Trinajstić information content (AvgIpc) is 2.43. The number of halogens is 1. The highest BCUT2D eigenvalue weighted by Gasteiger charge is 2.05. The fourth-order valence-corrected chi connectivity index (χ4v) is 1.99. The smallest absolute Gasteiger partial charge is 0.328 e. The summed E-state index contributed by atoms with van der Waals surface area (Å²) in [5.74, 6) is 0.234. The lowest BCUT2D eigenvalue weighted by Crippen LogP contribution is -1.91. The van der Waals surface area contributed by atoms with E-state index >= 15 is 0 Å². The van der Waals surface area contributed by atoms with Crippen molar-refractivity contribution in [3.05, 3.63) is 64.2 Å². The molecule has 1 N–H and O–H groups in total. The molecule has 4 heteroatoms. The summed E-state index contributed by atoms with van der Waals surface area (Å²) >= 11 is 5.94. The highest BCUT2D eigenvalue weighted by atomic mass is 35.5. The minimum atomic E-state index is -1.02. The number of carboxylic acid groups (broad SMARTS) is 1. The van der Waals surface area contributed by atoms with Gasteiger partial charge in [0, 0.05) is 16.7 Å². The molecule has 0 saturated carbocycles. The summed E-state index contributed by atoms with van der Waals surface area (Å²) in [6, 6.07) is 10.9. The number of rotatable bonds is 4. The second kappa shape index (κ2) is 6.46. The summed E-state index contributed by atoms with van der Waals surface area (Å²) in [6.07, 6.45) is 2.52. The maximum Gasteiger partial charge on any atom is 0.328 e. The zero-order valence-corrected chi connectivity index (χ0v) is 12.5. The molecule has 2 aromatic carbocycles. The third-order valence-corrected chi connectivity index (χ3v) is 3.32. The van der Waals surface area contributed by atoms with E-state index in [1.54, 1.807) is 18.2 Å². The van der Waals surface area contributed by atoms with E-state index < -0.39 is 5.97 Å². The first-order chi connectivity index (χ1) is 9.95. The van der Waals surface area contributed by atoms with Crippen LogP contribution < -0.4 is 4.74 Å².